The van der Waals surface area contributed by atoms with Gasteiger partial charge in [-0.2, -0.15) is 13.2 Å². The Hall–Kier alpha value is -1.83. The lowest BCUT2D eigenvalue weighted by Crippen LogP contribution is -2.11. The minimum absolute atomic E-state index is 0.0415. The van der Waals surface area contributed by atoms with Gasteiger partial charge in [0.25, 0.3) is 0 Å². The maximum absolute atomic E-state index is 13.1. The van der Waals surface area contributed by atoms with Crippen LogP contribution in [0.5, 0.6) is 0 Å². The fraction of sp³-hybridized carbons (Fsp3) is 0.400. The van der Waals surface area contributed by atoms with Crippen LogP contribution in [-0.2, 0) is 6.18 Å². The first-order valence-corrected chi connectivity index (χ1v) is 8.17. The summed E-state index contributed by atoms with van der Waals surface area (Å²) in [7, 11) is 0. The van der Waals surface area contributed by atoms with Crippen LogP contribution in [0.2, 0.25) is 0 Å². The van der Waals surface area contributed by atoms with Gasteiger partial charge < -0.3 is 4.52 Å². The third-order valence-electron chi connectivity index (χ3n) is 3.76. The van der Waals surface area contributed by atoms with Gasteiger partial charge in [-0.3, -0.25) is 4.79 Å². The summed E-state index contributed by atoms with van der Waals surface area (Å²) in [4.78, 5) is 14.9. The number of alkyl halides is 3. The zero-order chi connectivity index (χ0) is 16.8. The summed E-state index contributed by atoms with van der Waals surface area (Å²) in [6.07, 6.45) is -0.481. The van der Waals surface area contributed by atoms with Gasteiger partial charge >= 0.3 is 6.18 Å². The molecule has 4 nitrogen and oxygen atoms in total. The minimum atomic E-state index is -4.59. The highest BCUT2D eigenvalue weighted by atomic mass is 32.2. The molecule has 1 aliphatic carbocycles. The summed E-state index contributed by atoms with van der Waals surface area (Å²) in [6.45, 7) is 1.39. The smallest absolute Gasteiger partial charge is 0.359 e. The second kappa shape index (κ2) is 5.67. The van der Waals surface area contributed by atoms with Gasteiger partial charge in [0.2, 0.25) is 0 Å². The van der Waals surface area contributed by atoms with Gasteiger partial charge in [0.05, 0.1) is 5.56 Å². The lowest BCUT2D eigenvalue weighted by molar-refractivity contribution is -0.141. The molecule has 2 aromatic heterocycles. The quantitative estimate of drug-likeness (QED) is 0.606. The van der Waals surface area contributed by atoms with Crippen LogP contribution >= 0.6 is 11.8 Å². The molecule has 0 radical (unpaired) electrons. The number of aryl methyl sites for hydroxylation is 1. The molecule has 1 aliphatic rings. The number of hydrogen-bond donors (Lipinski definition) is 0. The monoisotopic (exact) mass is 342 g/mol. The van der Waals surface area contributed by atoms with E-state index >= 15 is 0 Å². The summed E-state index contributed by atoms with van der Waals surface area (Å²) in [5, 5.41) is 4.42. The van der Waals surface area contributed by atoms with E-state index in [4.69, 9.17) is 4.52 Å². The molecule has 2 heterocycles. The van der Waals surface area contributed by atoms with E-state index < -0.39 is 11.9 Å². The van der Waals surface area contributed by atoms with E-state index in [1.807, 2.05) is 0 Å². The van der Waals surface area contributed by atoms with Crippen LogP contribution in [0.4, 0.5) is 13.2 Å². The number of rotatable bonds is 4. The topological polar surface area (TPSA) is 56.0 Å². The molecule has 0 N–H and O–H groups in total. The van der Waals surface area contributed by atoms with Crippen molar-refractivity contribution in [2.75, 3.05) is 6.26 Å². The highest BCUT2D eigenvalue weighted by Crippen LogP contribution is 2.48. The summed E-state index contributed by atoms with van der Waals surface area (Å²) in [6, 6.07) is 0.912. The van der Waals surface area contributed by atoms with E-state index in [1.54, 1.807) is 6.26 Å². The molecule has 0 saturated heterocycles. The van der Waals surface area contributed by atoms with Gasteiger partial charge in [0.1, 0.15) is 16.5 Å². The van der Waals surface area contributed by atoms with E-state index in [0.717, 1.165) is 18.9 Å². The zero-order valence-corrected chi connectivity index (χ0v) is 13.2. The predicted molar refractivity (Wildman–Crippen MR) is 78.6 cm³/mol. The Balaban J connectivity index is 2.28. The van der Waals surface area contributed by atoms with Crippen molar-refractivity contribution in [3.05, 3.63) is 28.8 Å². The molecule has 8 heteroatoms. The van der Waals surface area contributed by atoms with Crippen LogP contribution in [0, 0.1) is 6.92 Å². The average Bonchev–Trinajstić information content (AvgIpc) is 3.24. The number of pyridine rings is 1. The van der Waals surface area contributed by atoms with Gasteiger partial charge in [-0.05, 0) is 32.1 Å². The molecule has 1 fully saturated rings. The number of hydrogen-bond acceptors (Lipinski definition) is 5. The maximum Gasteiger partial charge on any atom is 0.433 e. The number of aldehydes is 1. The number of aromatic nitrogens is 2. The molecule has 0 bridgehead atoms. The SMILES string of the molecule is CSc1noc(C2CC2)c1-c1cc(C(F)(F)F)nc(C)c1C=O. The van der Waals surface area contributed by atoms with E-state index in [0.29, 0.717) is 22.6 Å². The largest absolute Gasteiger partial charge is 0.433 e. The van der Waals surface area contributed by atoms with Crippen molar-refractivity contribution in [1.29, 1.82) is 0 Å². The fourth-order valence-corrected chi connectivity index (χ4v) is 3.01. The van der Waals surface area contributed by atoms with Crippen LogP contribution in [-0.4, -0.2) is 22.7 Å². The third-order valence-corrected chi connectivity index (χ3v) is 4.42. The Kier molecular flexibility index (Phi) is 3.95. The second-order valence-corrected chi connectivity index (χ2v) is 6.17. The molecule has 0 atom stereocenters. The van der Waals surface area contributed by atoms with Gasteiger partial charge in [-0.25, -0.2) is 4.98 Å². The minimum Gasteiger partial charge on any atom is -0.359 e. The summed E-state index contributed by atoms with van der Waals surface area (Å²) >= 11 is 1.27. The van der Waals surface area contributed by atoms with Crippen molar-refractivity contribution in [3.63, 3.8) is 0 Å². The first-order chi connectivity index (χ1) is 10.9. The number of carbonyl (C=O) groups excluding carboxylic acids is 1. The Morgan fingerprint density at radius 3 is 2.61 bits per heavy atom. The van der Waals surface area contributed by atoms with Crippen LogP contribution in [0.25, 0.3) is 11.1 Å². The van der Waals surface area contributed by atoms with E-state index in [2.05, 4.69) is 10.1 Å². The predicted octanol–water partition coefficient (Wildman–Crippen LogP) is 4.48. The summed E-state index contributed by atoms with van der Waals surface area (Å²) in [5.41, 5.74) is -0.172. The second-order valence-electron chi connectivity index (χ2n) is 5.38. The Morgan fingerprint density at radius 2 is 2.09 bits per heavy atom. The van der Waals surface area contributed by atoms with Gasteiger partial charge in [0.15, 0.2) is 6.29 Å². The van der Waals surface area contributed by atoms with Crippen molar-refractivity contribution in [2.24, 2.45) is 0 Å². The fourth-order valence-electron chi connectivity index (χ4n) is 2.48. The number of halogens is 3. The lowest BCUT2D eigenvalue weighted by atomic mass is 9.98. The van der Waals surface area contributed by atoms with Gasteiger partial charge in [-0.15, -0.1) is 11.8 Å². The molecule has 0 aromatic carbocycles. The molecular weight excluding hydrogens is 329 g/mol. The highest BCUT2D eigenvalue weighted by molar-refractivity contribution is 7.98. The van der Waals surface area contributed by atoms with Crippen LogP contribution in [0.15, 0.2) is 15.6 Å². The molecule has 23 heavy (non-hydrogen) atoms. The molecule has 3 rings (SSSR count). The Labute approximate surface area is 134 Å². The van der Waals surface area contributed by atoms with Gasteiger partial charge in [0, 0.05) is 22.7 Å². The Bertz CT molecular complexity index is 767. The van der Waals surface area contributed by atoms with Crippen molar-refractivity contribution in [2.45, 2.75) is 36.9 Å². The molecular formula is C15H13F3N2O2S. The molecule has 0 amide bonds. The normalized spacial score (nSPS) is 15.0. The molecule has 122 valence electrons. The summed E-state index contributed by atoms with van der Waals surface area (Å²) in [5.74, 6) is 0.705. The number of nitrogens with zero attached hydrogens (tertiary/aromatic N) is 2. The third kappa shape index (κ3) is 2.87. The lowest BCUT2D eigenvalue weighted by Gasteiger charge is -2.13. The highest BCUT2D eigenvalue weighted by Gasteiger charge is 2.37. The first kappa shape index (κ1) is 16.0. The van der Waals surface area contributed by atoms with E-state index in [-0.39, 0.29) is 22.7 Å². The van der Waals surface area contributed by atoms with Gasteiger partial charge in [-0.1, -0.05) is 5.16 Å². The average molecular weight is 342 g/mol. The number of carbonyl (C=O) groups is 1. The maximum atomic E-state index is 13.1. The Morgan fingerprint density at radius 1 is 1.39 bits per heavy atom. The molecule has 0 unspecified atom stereocenters. The van der Waals surface area contributed by atoms with Crippen LogP contribution in [0.1, 0.15) is 46.3 Å². The molecule has 2 aromatic rings. The molecule has 0 spiro atoms. The van der Waals surface area contributed by atoms with Crippen LogP contribution in [0.3, 0.4) is 0 Å². The van der Waals surface area contributed by atoms with Crippen molar-refractivity contribution in [1.82, 2.24) is 10.1 Å². The van der Waals surface area contributed by atoms with Crippen molar-refractivity contribution >= 4 is 18.0 Å². The number of thioether (sulfide) groups is 1. The van der Waals surface area contributed by atoms with Crippen molar-refractivity contribution < 1.29 is 22.5 Å². The summed E-state index contributed by atoms with van der Waals surface area (Å²) < 4.78 is 44.6. The molecule has 1 saturated carbocycles. The van der Waals surface area contributed by atoms with Crippen molar-refractivity contribution in [3.8, 4) is 11.1 Å². The first-order valence-electron chi connectivity index (χ1n) is 6.94. The standard InChI is InChI=1S/C15H13F3N2O2S/c1-7-10(6-21)9(5-11(19-7)15(16,17)18)12-13(8-3-4-8)22-20-14(12)23-2/h5-6,8H,3-4H2,1-2H3. The van der Waals surface area contributed by atoms with E-state index in [1.165, 1.54) is 18.7 Å². The molecule has 0 aliphatic heterocycles. The van der Waals surface area contributed by atoms with E-state index in [9.17, 15) is 18.0 Å². The van der Waals surface area contributed by atoms with Crippen LogP contribution < -0.4 is 0 Å². The zero-order valence-electron chi connectivity index (χ0n) is 12.4.